The average molecular weight is 529 g/mol. The Morgan fingerprint density at radius 3 is 2.39 bits per heavy atom. The van der Waals surface area contributed by atoms with Crippen molar-refractivity contribution >= 4 is 32.8 Å². The van der Waals surface area contributed by atoms with Gasteiger partial charge in [0.25, 0.3) is 5.56 Å². The third-order valence-electron chi connectivity index (χ3n) is 6.01. The van der Waals surface area contributed by atoms with Crippen molar-refractivity contribution in [2.75, 3.05) is 0 Å². The molecular formula is C24H13F6N7O. The van der Waals surface area contributed by atoms with Crippen molar-refractivity contribution in [3.63, 3.8) is 0 Å². The van der Waals surface area contributed by atoms with Gasteiger partial charge in [-0.25, -0.2) is 4.98 Å². The molecule has 1 aromatic carbocycles. The summed E-state index contributed by atoms with van der Waals surface area (Å²) in [6.07, 6.45) is -5.75. The maximum Gasteiger partial charge on any atom is 0.433 e. The van der Waals surface area contributed by atoms with Gasteiger partial charge in [0, 0.05) is 28.6 Å². The molecule has 0 spiro atoms. The Kier molecular flexibility index (Phi) is 5.06. The third kappa shape index (κ3) is 3.84. The number of halogens is 6. The quantitative estimate of drug-likeness (QED) is 0.322. The van der Waals surface area contributed by atoms with Gasteiger partial charge in [-0.05, 0) is 36.4 Å². The highest BCUT2D eigenvalue weighted by atomic mass is 19.4. The van der Waals surface area contributed by atoms with Gasteiger partial charge in [-0.3, -0.25) is 24.1 Å². The summed E-state index contributed by atoms with van der Waals surface area (Å²) in [5, 5.41) is 11.9. The molecule has 8 nitrogen and oxygen atoms in total. The second-order valence-electron chi connectivity index (χ2n) is 8.44. The monoisotopic (exact) mass is 529 g/mol. The third-order valence-corrected chi connectivity index (χ3v) is 6.01. The lowest BCUT2D eigenvalue weighted by atomic mass is 10.1. The number of alkyl halides is 6. The van der Waals surface area contributed by atoms with Crippen molar-refractivity contribution in [3.8, 4) is 5.69 Å². The molecule has 14 heteroatoms. The average Bonchev–Trinajstić information content (AvgIpc) is 3.51. The van der Waals surface area contributed by atoms with Crippen molar-refractivity contribution in [2.45, 2.75) is 18.9 Å². The Morgan fingerprint density at radius 1 is 0.868 bits per heavy atom. The van der Waals surface area contributed by atoms with E-state index in [9.17, 15) is 31.1 Å². The summed E-state index contributed by atoms with van der Waals surface area (Å²) in [6, 6.07) is 8.93. The number of aromatic amines is 1. The fourth-order valence-corrected chi connectivity index (χ4v) is 4.27. The number of fused-ring (bicyclic) bond motifs is 4. The minimum Gasteiger partial charge on any atom is -0.278 e. The summed E-state index contributed by atoms with van der Waals surface area (Å²) >= 11 is 0. The van der Waals surface area contributed by atoms with Crippen LogP contribution in [0.1, 0.15) is 17.0 Å². The number of aromatic nitrogens is 7. The van der Waals surface area contributed by atoms with Crippen LogP contribution in [-0.4, -0.2) is 34.5 Å². The molecule has 0 saturated heterocycles. The van der Waals surface area contributed by atoms with Gasteiger partial charge in [-0.1, -0.05) is 6.07 Å². The van der Waals surface area contributed by atoms with Gasteiger partial charge in [-0.2, -0.15) is 36.5 Å². The van der Waals surface area contributed by atoms with E-state index in [0.29, 0.717) is 17.1 Å². The first-order valence-corrected chi connectivity index (χ1v) is 11.0. The standard InChI is InChI=1S/C24H13F6N7O/c25-23(26,27)12-4-5-13(31-8-12)10-36-11-16-14-6-7-19(24(28,29)30)33-21(14)37(22(38)20(16)35-36)18-3-1-2-17-15(18)9-32-34-17/h1-9,11H,10H2,(H,32,34). The van der Waals surface area contributed by atoms with Gasteiger partial charge in [0.2, 0.25) is 0 Å². The largest absolute Gasteiger partial charge is 0.433 e. The molecule has 5 heterocycles. The van der Waals surface area contributed by atoms with Crippen LogP contribution in [0, 0.1) is 0 Å². The van der Waals surface area contributed by atoms with E-state index in [1.807, 2.05) is 0 Å². The lowest BCUT2D eigenvalue weighted by Gasteiger charge is -2.13. The first-order chi connectivity index (χ1) is 18.0. The number of hydrogen-bond acceptors (Lipinski definition) is 5. The van der Waals surface area contributed by atoms with Crippen LogP contribution in [0.25, 0.3) is 38.5 Å². The SMILES string of the molecule is O=c1c2nn(Cc3ccc(C(F)(F)F)cn3)cc2c2ccc(C(F)(F)F)nc2n1-c1cccc2[nH]ncc12. The van der Waals surface area contributed by atoms with Gasteiger partial charge in [0.1, 0.15) is 11.3 Å². The first-order valence-electron chi connectivity index (χ1n) is 11.0. The van der Waals surface area contributed by atoms with Crippen LogP contribution in [-0.2, 0) is 18.9 Å². The first kappa shape index (κ1) is 23.6. The van der Waals surface area contributed by atoms with Crippen LogP contribution in [0.5, 0.6) is 0 Å². The van der Waals surface area contributed by atoms with Gasteiger partial charge in [0.15, 0.2) is 5.52 Å². The van der Waals surface area contributed by atoms with Crippen LogP contribution >= 0.6 is 0 Å². The molecule has 0 atom stereocenters. The maximum absolute atomic E-state index is 13.7. The Morgan fingerprint density at radius 2 is 1.68 bits per heavy atom. The topological polar surface area (TPSA) is 94.3 Å². The number of rotatable bonds is 3. The zero-order chi connectivity index (χ0) is 26.8. The maximum atomic E-state index is 13.7. The number of H-pyrrole nitrogens is 1. The van der Waals surface area contributed by atoms with Crippen LogP contribution in [0.4, 0.5) is 26.3 Å². The highest BCUT2D eigenvalue weighted by molar-refractivity contribution is 6.04. The normalized spacial score (nSPS) is 12.7. The van der Waals surface area contributed by atoms with Crippen LogP contribution < -0.4 is 5.56 Å². The molecule has 0 bridgehead atoms. The zero-order valence-corrected chi connectivity index (χ0v) is 18.8. The summed E-state index contributed by atoms with van der Waals surface area (Å²) in [5.74, 6) is 0. The van der Waals surface area contributed by atoms with Gasteiger partial charge < -0.3 is 0 Å². The minimum atomic E-state index is -4.76. The molecule has 0 unspecified atom stereocenters. The van der Waals surface area contributed by atoms with E-state index in [1.54, 1.807) is 18.2 Å². The highest BCUT2D eigenvalue weighted by Gasteiger charge is 2.33. The number of nitrogens with one attached hydrogen (secondary N) is 1. The highest BCUT2D eigenvalue weighted by Crippen LogP contribution is 2.32. The molecule has 0 fully saturated rings. The Hall–Kier alpha value is -4.75. The van der Waals surface area contributed by atoms with E-state index in [-0.39, 0.29) is 39.9 Å². The number of pyridine rings is 3. The Labute approximate surface area is 207 Å². The molecule has 0 amide bonds. The van der Waals surface area contributed by atoms with Crippen LogP contribution in [0.15, 0.2) is 65.8 Å². The molecule has 0 radical (unpaired) electrons. The molecule has 1 N–H and O–H groups in total. The number of hydrogen-bond donors (Lipinski definition) is 1. The molecule has 0 aliphatic heterocycles. The number of benzene rings is 1. The molecule has 0 aliphatic rings. The van der Waals surface area contributed by atoms with E-state index in [4.69, 9.17) is 0 Å². The lowest BCUT2D eigenvalue weighted by molar-refractivity contribution is -0.141. The Balaban J connectivity index is 1.58. The summed E-state index contributed by atoms with van der Waals surface area (Å²) in [4.78, 5) is 21.3. The molecule has 0 saturated carbocycles. The predicted molar refractivity (Wildman–Crippen MR) is 124 cm³/mol. The van der Waals surface area contributed by atoms with E-state index < -0.39 is 29.2 Å². The smallest absolute Gasteiger partial charge is 0.278 e. The summed E-state index contributed by atoms with van der Waals surface area (Å²) < 4.78 is 81.6. The van der Waals surface area contributed by atoms with E-state index in [1.165, 1.54) is 29.2 Å². The van der Waals surface area contributed by atoms with E-state index in [0.717, 1.165) is 16.7 Å². The van der Waals surface area contributed by atoms with Gasteiger partial charge in [0.05, 0.1) is 35.2 Å². The van der Waals surface area contributed by atoms with Crippen LogP contribution in [0.3, 0.4) is 0 Å². The molecular weight excluding hydrogens is 516 g/mol. The predicted octanol–water partition coefficient (Wildman–Crippen LogP) is 5.09. The van der Waals surface area contributed by atoms with Crippen molar-refractivity contribution < 1.29 is 26.3 Å². The summed E-state index contributed by atoms with van der Waals surface area (Å²) in [6.45, 7) is -0.0842. The minimum absolute atomic E-state index is 0.0635. The fourth-order valence-electron chi connectivity index (χ4n) is 4.27. The van der Waals surface area contributed by atoms with Crippen molar-refractivity contribution in [2.24, 2.45) is 0 Å². The van der Waals surface area contributed by atoms with Crippen molar-refractivity contribution in [1.29, 1.82) is 0 Å². The van der Waals surface area contributed by atoms with Crippen molar-refractivity contribution in [1.82, 2.24) is 34.5 Å². The molecule has 6 rings (SSSR count). The second kappa shape index (κ2) is 8.13. The van der Waals surface area contributed by atoms with E-state index >= 15 is 0 Å². The van der Waals surface area contributed by atoms with E-state index in [2.05, 4.69) is 25.3 Å². The zero-order valence-electron chi connectivity index (χ0n) is 18.8. The molecule has 0 aliphatic carbocycles. The van der Waals surface area contributed by atoms with Gasteiger partial charge in [-0.15, -0.1) is 0 Å². The molecule has 38 heavy (non-hydrogen) atoms. The summed E-state index contributed by atoms with van der Waals surface area (Å²) in [7, 11) is 0. The molecule has 5 aromatic heterocycles. The molecule has 6 aromatic rings. The van der Waals surface area contributed by atoms with Crippen molar-refractivity contribution in [3.05, 3.63) is 88.4 Å². The van der Waals surface area contributed by atoms with Gasteiger partial charge >= 0.3 is 12.4 Å². The lowest BCUT2D eigenvalue weighted by Crippen LogP contribution is -2.21. The number of nitrogens with zero attached hydrogens (tertiary/aromatic N) is 6. The fraction of sp³-hybridized carbons (Fsp3) is 0.125. The molecule has 192 valence electrons. The Bertz CT molecular complexity index is 1900. The second-order valence-corrected chi connectivity index (χ2v) is 8.44. The van der Waals surface area contributed by atoms with Crippen LogP contribution in [0.2, 0.25) is 0 Å². The summed E-state index contributed by atoms with van der Waals surface area (Å²) in [5.41, 5.74) is -2.10.